The molecule has 0 heterocycles. The number of anilines is 1. The van der Waals surface area contributed by atoms with Crippen molar-refractivity contribution in [2.45, 2.75) is 0 Å². The highest BCUT2D eigenvalue weighted by Crippen LogP contribution is 2.18. The van der Waals surface area contributed by atoms with Crippen molar-refractivity contribution < 1.29 is 19.2 Å². The van der Waals surface area contributed by atoms with Crippen molar-refractivity contribution in [3.8, 4) is 5.75 Å². The van der Waals surface area contributed by atoms with Gasteiger partial charge in [-0.1, -0.05) is 30.3 Å². The number of rotatable bonds is 7. The van der Waals surface area contributed by atoms with Gasteiger partial charge in [-0.15, -0.1) is 0 Å². The van der Waals surface area contributed by atoms with E-state index in [4.69, 9.17) is 4.74 Å². The van der Waals surface area contributed by atoms with Gasteiger partial charge >= 0.3 is 0 Å². The molecule has 0 radical (unpaired) electrons. The van der Waals surface area contributed by atoms with Gasteiger partial charge in [-0.2, -0.15) is 0 Å². The third-order valence-electron chi connectivity index (χ3n) is 4.27. The van der Waals surface area contributed by atoms with Crippen molar-refractivity contribution in [2.24, 2.45) is 0 Å². The summed E-state index contributed by atoms with van der Waals surface area (Å²) < 4.78 is 5.10. The Morgan fingerprint density at radius 3 is 2.32 bits per heavy atom. The van der Waals surface area contributed by atoms with E-state index in [9.17, 15) is 19.7 Å². The van der Waals surface area contributed by atoms with Crippen LogP contribution in [0, 0.1) is 10.1 Å². The number of methoxy groups -OCH3 is 1. The van der Waals surface area contributed by atoms with E-state index in [1.54, 1.807) is 60.7 Å². The molecule has 8 heteroatoms. The van der Waals surface area contributed by atoms with Crippen molar-refractivity contribution >= 4 is 29.3 Å². The van der Waals surface area contributed by atoms with Crippen molar-refractivity contribution in [1.29, 1.82) is 0 Å². The Hall–Kier alpha value is -4.46. The maximum Gasteiger partial charge on any atom is 0.272 e. The zero-order valence-corrected chi connectivity index (χ0v) is 16.6. The van der Waals surface area contributed by atoms with E-state index in [1.165, 1.54) is 31.4 Å². The Bertz CT molecular complexity index is 1130. The number of nitrogens with zero attached hydrogens (tertiary/aromatic N) is 1. The molecule has 3 aromatic rings. The van der Waals surface area contributed by atoms with Crippen LogP contribution in [0.3, 0.4) is 0 Å². The summed E-state index contributed by atoms with van der Waals surface area (Å²) in [4.78, 5) is 36.0. The minimum absolute atomic E-state index is 0.0647. The smallest absolute Gasteiger partial charge is 0.272 e. The van der Waals surface area contributed by atoms with Gasteiger partial charge < -0.3 is 15.4 Å². The molecule has 2 N–H and O–H groups in total. The Labute approximate surface area is 178 Å². The van der Waals surface area contributed by atoms with Crippen LogP contribution in [0.2, 0.25) is 0 Å². The van der Waals surface area contributed by atoms with Crippen LogP contribution in [0.4, 0.5) is 11.4 Å². The monoisotopic (exact) mass is 417 g/mol. The number of hydrogen-bond donors (Lipinski definition) is 2. The number of hydrogen-bond acceptors (Lipinski definition) is 5. The Kier molecular flexibility index (Phi) is 6.74. The lowest BCUT2D eigenvalue weighted by Gasteiger charge is -2.12. The van der Waals surface area contributed by atoms with E-state index in [-0.39, 0.29) is 11.4 Å². The normalized spacial score (nSPS) is 10.8. The van der Waals surface area contributed by atoms with Gasteiger partial charge in [0.05, 0.1) is 12.0 Å². The summed E-state index contributed by atoms with van der Waals surface area (Å²) in [6, 6.07) is 20.8. The third-order valence-corrected chi connectivity index (χ3v) is 4.27. The van der Waals surface area contributed by atoms with E-state index >= 15 is 0 Å². The molecular weight excluding hydrogens is 398 g/mol. The maximum absolute atomic E-state index is 12.9. The molecule has 0 aliphatic rings. The molecule has 0 fully saturated rings. The second kappa shape index (κ2) is 9.84. The van der Waals surface area contributed by atoms with Crippen LogP contribution in [0.5, 0.6) is 5.75 Å². The minimum atomic E-state index is -0.582. The molecule has 2 amide bonds. The minimum Gasteiger partial charge on any atom is -0.497 e. The molecule has 0 aromatic heterocycles. The van der Waals surface area contributed by atoms with Gasteiger partial charge in [0.25, 0.3) is 17.5 Å². The molecule has 0 atom stereocenters. The van der Waals surface area contributed by atoms with Gasteiger partial charge in [0.15, 0.2) is 0 Å². The molecule has 0 spiro atoms. The highest BCUT2D eigenvalue weighted by atomic mass is 16.6. The third kappa shape index (κ3) is 5.77. The van der Waals surface area contributed by atoms with Crippen LogP contribution < -0.4 is 15.4 Å². The van der Waals surface area contributed by atoms with E-state index in [2.05, 4.69) is 10.6 Å². The lowest BCUT2D eigenvalue weighted by atomic mass is 10.1. The van der Waals surface area contributed by atoms with Gasteiger partial charge in [0.2, 0.25) is 0 Å². The predicted molar refractivity (Wildman–Crippen MR) is 117 cm³/mol. The number of nitrogens with one attached hydrogen (secondary N) is 2. The van der Waals surface area contributed by atoms with Crippen LogP contribution in [-0.2, 0) is 4.79 Å². The van der Waals surface area contributed by atoms with E-state index in [0.29, 0.717) is 22.6 Å². The Morgan fingerprint density at radius 2 is 1.68 bits per heavy atom. The first-order chi connectivity index (χ1) is 15.0. The fourth-order valence-electron chi connectivity index (χ4n) is 2.71. The molecule has 0 bridgehead atoms. The van der Waals surface area contributed by atoms with Crippen LogP contribution in [0.1, 0.15) is 15.9 Å². The maximum atomic E-state index is 12.9. The standard InChI is InChI=1S/C23H19N3O5/c1-31-20-12-10-18(11-13-20)24-23(28)21(25-22(27)17-7-3-2-4-8-17)15-16-6-5-9-19(14-16)26(29)30/h2-15H,1H3,(H,24,28)(H,25,27)/b21-15+. The van der Waals surface area contributed by atoms with Crippen molar-refractivity contribution in [3.05, 3.63) is 106 Å². The van der Waals surface area contributed by atoms with Crippen LogP contribution >= 0.6 is 0 Å². The quantitative estimate of drug-likeness (QED) is 0.343. The zero-order chi connectivity index (χ0) is 22.2. The summed E-state index contributed by atoms with van der Waals surface area (Å²) in [5.41, 5.74) is 1.06. The lowest BCUT2D eigenvalue weighted by molar-refractivity contribution is -0.384. The number of carbonyl (C=O) groups excluding carboxylic acids is 2. The molecular formula is C23H19N3O5. The second-order valence-electron chi connectivity index (χ2n) is 6.41. The number of nitro groups is 1. The van der Waals surface area contributed by atoms with Gasteiger partial charge in [-0.3, -0.25) is 19.7 Å². The largest absolute Gasteiger partial charge is 0.497 e. The molecule has 0 aliphatic heterocycles. The summed E-state index contributed by atoms with van der Waals surface area (Å²) in [7, 11) is 1.53. The fourth-order valence-corrected chi connectivity index (χ4v) is 2.71. The number of benzene rings is 3. The lowest BCUT2D eigenvalue weighted by Crippen LogP contribution is -2.30. The highest BCUT2D eigenvalue weighted by Gasteiger charge is 2.16. The average molecular weight is 417 g/mol. The van der Waals surface area contributed by atoms with Gasteiger partial charge in [0, 0.05) is 23.4 Å². The second-order valence-corrected chi connectivity index (χ2v) is 6.41. The van der Waals surface area contributed by atoms with E-state index in [1.807, 2.05) is 0 Å². The SMILES string of the molecule is COc1ccc(NC(=O)/C(=C\c2cccc([N+](=O)[O-])c2)NC(=O)c2ccccc2)cc1. The van der Waals surface area contributed by atoms with Crippen LogP contribution in [0.15, 0.2) is 84.6 Å². The van der Waals surface area contributed by atoms with Crippen LogP contribution in [-0.4, -0.2) is 23.8 Å². The van der Waals surface area contributed by atoms with Crippen molar-refractivity contribution in [1.82, 2.24) is 5.32 Å². The topological polar surface area (TPSA) is 111 Å². The van der Waals surface area contributed by atoms with Crippen molar-refractivity contribution in [2.75, 3.05) is 12.4 Å². The highest BCUT2D eigenvalue weighted by molar-refractivity contribution is 6.10. The number of ether oxygens (including phenoxy) is 1. The molecule has 0 unspecified atom stereocenters. The predicted octanol–water partition coefficient (Wildman–Crippen LogP) is 4.01. The molecule has 31 heavy (non-hydrogen) atoms. The molecule has 0 saturated heterocycles. The summed E-state index contributed by atoms with van der Waals surface area (Å²) in [5, 5.41) is 16.3. The number of nitro benzene ring substituents is 1. The zero-order valence-electron chi connectivity index (χ0n) is 16.6. The first-order valence-electron chi connectivity index (χ1n) is 9.24. The summed E-state index contributed by atoms with van der Waals surface area (Å²) in [5.74, 6) is -0.439. The van der Waals surface area contributed by atoms with Gasteiger partial charge in [-0.05, 0) is 48.0 Å². The molecule has 0 aliphatic carbocycles. The molecule has 3 rings (SSSR count). The first kappa shape index (κ1) is 21.3. The van der Waals surface area contributed by atoms with Crippen molar-refractivity contribution in [3.63, 3.8) is 0 Å². The van der Waals surface area contributed by atoms with Gasteiger partial charge in [-0.25, -0.2) is 0 Å². The number of carbonyl (C=O) groups is 2. The Balaban J connectivity index is 1.90. The average Bonchev–Trinajstić information content (AvgIpc) is 2.79. The van der Waals surface area contributed by atoms with Crippen LogP contribution in [0.25, 0.3) is 6.08 Å². The van der Waals surface area contributed by atoms with E-state index in [0.717, 1.165) is 0 Å². The summed E-state index contributed by atoms with van der Waals surface area (Å²) >= 11 is 0. The Morgan fingerprint density at radius 1 is 0.968 bits per heavy atom. The summed E-state index contributed by atoms with van der Waals surface area (Å²) in [6.45, 7) is 0. The molecule has 156 valence electrons. The van der Waals surface area contributed by atoms with Gasteiger partial charge in [0.1, 0.15) is 11.4 Å². The molecule has 0 saturated carbocycles. The molecule has 3 aromatic carbocycles. The first-order valence-corrected chi connectivity index (χ1v) is 9.24. The number of non-ortho nitro benzene ring substituents is 1. The number of amides is 2. The fraction of sp³-hybridized carbons (Fsp3) is 0.0435. The molecule has 8 nitrogen and oxygen atoms in total. The summed E-state index contributed by atoms with van der Waals surface area (Å²) in [6.07, 6.45) is 1.38. The van der Waals surface area contributed by atoms with E-state index < -0.39 is 16.7 Å².